The van der Waals surface area contributed by atoms with Crippen molar-refractivity contribution in [3.63, 3.8) is 0 Å². The molecule has 1 N–H and O–H groups in total. The average molecular weight is 299 g/mol. The summed E-state index contributed by atoms with van der Waals surface area (Å²) in [7, 11) is 1.75. The molecule has 0 saturated carbocycles. The van der Waals surface area contributed by atoms with Gasteiger partial charge in [0.2, 0.25) is 0 Å². The van der Waals surface area contributed by atoms with E-state index in [1.165, 1.54) is 12.1 Å². The van der Waals surface area contributed by atoms with Gasteiger partial charge in [0, 0.05) is 13.6 Å². The SMILES string of the molecule is Cc1cc(Cl)c(C(=O)N(C)CC2CCNCC2)cc1F. The fourth-order valence-electron chi connectivity index (χ4n) is 2.55. The maximum atomic E-state index is 13.6. The van der Waals surface area contributed by atoms with Gasteiger partial charge in [0.25, 0.3) is 5.91 Å². The fraction of sp³-hybridized carbons (Fsp3) is 0.533. The number of nitrogens with zero attached hydrogens (tertiary/aromatic N) is 1. The van der Waals surface area contributed by atoms with Gasteiger partial charge in [-0.2, -0.15) is 0 Å². The maximum Gasteiger partial charge on any atom is 0.255 e. The Labute approximate surface area is 124 Å². The molecular formula is C15H20ClFN2O. The number of carbonyl (C=O) groups is 1. The molecule has 1 saturated heterocycles. The molecular weight excluding hydrogens is 279 g/mol. The van der Waals surface area contributed by atoms with Gasteiger partial charge in [-0.3, -0.25) is 4.79 Å². The summed E-state index contributed by atoms with van der Waals surface area (Å²) in [4.78, 5) is 14.0. The topological polar surface area (TPSA) is 32.3 Å². The first kappa shape index (κ1) is 15.3. The van der Waals surface area contributed by atoms with Crippen LogP contribution in [0.1, 0.15) is 28.8 Å². The zero-order valence-corrected chi connectivity index (χ0v) is 12.6. The summed E-state index contributed by atoms with van der Waals surface area (Å²) in [6.07, 6.45) is 2.13. The lowest BCUT2D eigenvalue weighted by Crippen LogP contribution is -2.37. The minimum atomic E-state index is -0.395. The molecule has 0 unspecified atom stereocenters. The number of piperidine rings is 1. The standard InChI is InChI=1S/C15H20ClFN2O/c1-10-7-13(16)12(8-14(10)17)15(20)19(2)9-11-3-5-18-6-4-11/h7-8,11,18H,3-6,9H2,1-2H3. The second-order valence-corrected chi connectivity index (χ2v) is 5.87. The first-order valence-electron chi connectivity index (χ1n) is 6.91. The van der Waals surface area contributed by atoms with Crippen LogP contribution >= 0.6 is 11.6 Å². The Morgan fingerprint density at radius 1 is 1.45 bits per heavy atom. The zero-order chi connectivity index (χ0) is 14.7. The molecule has 0 bridgehead atoms. The van der Waals surface area contributed by atoms with E-state index in [1.807, 2.05) is 0 Å². The molecule has 1 aromatic rings. The van der Waals surface area contributed by atoms with E-state index in [2.05, 4.69) is 5.32 Å². The van der Waals surface area contributed by atoms with Crippen molar-refractivity contribution in [2.45, 2.75) is 19.8 Å². The number of amides is 1. The predicted molar refractivity (Wildman–Crippen MR) is 78.7 cm³/mol. The van der Waals surface area contributed by atoms with Crippen molar-refractivity contribution in [1.82, 2.24) is 10.2 Å². The van der Waals surface area contributed by atoms with E-state index in [9.17, 15) is 9.18 Å². The lowest BCUT2D eigenvalue weighted by molar-refractivity contribution is 0.0762. The quantitative estimate of drug-likeness (QED) is 0.930. The third-order valence-corrected chi connectivity index (χ3v) is 4.13. The van der Waals surface area contributed by atoms with Gasteiger partial charge in [0.15, 0.2) is 0 Å². The molecule has 2 rings (SSSR count). The summed E-state index contributed by atoms with van der Waals surface area (Å²) < 4.78 is 13.6. The number of rotatable bonds is 3. The Balaban J connectivity index is 2.08. The van der Waals surface area contributed by atoms with Gasteiger partial charge in [-0.25, -0.2) is 4.39 Å². The highest BCUT2D eigenvalue weighted by Crippen LogP contribution is 2.22. The number of nitrogens with one attached hydrogen (secondary N) is 1. The lowest BCUT2D eigenvalue weighted by Gasteiger charge is -2.27. The molecule has 1 aliphatic rings. The van der Waals surface area contributed by atoms with Gasteiger partial charge < -0.3 is 10.2 Å². The van der Waals surface area contributed by atoms with Crippen LogP contribution in [-0.4, -0.2) is 37.5 Å². The number of halogens is 2. The Kier molecular flexibility index (Phi) is 5.00. The highest BCUT2D eigenvalue weighted by atomic mass is 35.5. The van der Waals surface area contributed by atoms with E-state index in [0.29, 0.717) is 23.0 Å². The highest BCUT2D eigenvalue weighted by molar-refractivity contribution is 6.33. The summed E-state index contributed by atoms with van der Waals surface area (Å²) in [6, 6.07) is 2.74. The molecule has 1 aromatic carbocycles. The predicted octanol–water partition coefficient (Wildman–Crippen LogP) is 2.86. The van der Waals surface area contributed by atoms with Crippen LogP contribution in [-0.2, 0) is 0 Å². The van der Waals surface area contributed by atoms with Gasteiger partial charge in [-0.1, -0.05) is 11.6 Å². The highest BCUT2D eigenvalue weighted by Gasteiger charge is 2.21. The van der Waals surface area contributed by atoms with Crippen LogP contribution < -0.4 is 5.32 Å². The minimum absolute atomic E-state index is 0.215. The maximum absolute atomic E-state index is 13.6. The van der Waals surface area contributed by atoms with Crippen LogP contribution in [0.5, 0.6) is 0 Å². The minimum Gasteiger partial charge on any atom is -0.341 e. The fourth-order valence-corrected chi connectivity index (χ4v) is 2.85. The third-order valence-electron chi connectivity index (χ3n) is 3.82. The van der Waals surface area contributed by atoms with Crippen LogP contribution in [0.3, 0.4) is 0 Å². The van der Waals surface area contributed by atoms with E-state index in [1.54, 1.807) is 18.9 Å². The van der Waals surface area contributed by atoms with Crippen molar-refractivity contribution in [1.29, 1.82) is 0 Å². The number of aryl methyl sites for hydroxylation is 1. The van der Waals surface area contributed by atoms with Crippen molar-refractivity contribution >= 4 is 17.5 Å². The van der Waals surface area contributed by atoms with Crippen LogP contribution in [0.25, 0.3) is 0 Å². The first-order chi connectivity index (χ1) is 9.49. The van der Waals surface area contributed by atoms with Crippen LogP contribution in [0.2, 0.25) is 5.02 Å². The Hall–Kier alpha value is -1.13. The summed E-state index contributed by atoms with van der Waals surface area (Å²) >= 11 is 6.06. The smallest absolute Gasteiger partial charge is 0.255 e. The Morgan fingerprint density at radius 3 is 2.75 bits per heavy atom. The van der Waals surface area contributed by atoms with E-state index >= 15 is 0 Å². The first-order valence-corrected chi connectivity index (χ1v) is 7.28. The van der Waals surface area contributed by atoms with Gasteiger partial charge in [0.05, 0.1) is 10.6 Å². The molecule has 5 heteroatoms. The number of hydrogen-bond acceptors (Lipinski definition) is 2. The monoisotopic (exact) mass is 298 g/mol. The Bertz CT molecular complexity index is 501. The molecule has 1 aliphatic heterocycles. The summed E-state index contributed by atoms with van der Waals surface area (Å²) in [6.45, 7) is 4.31. The van der Waals surface area contributed by atoms with E-state index in [0.717, 1.165) is 25.9 Å². The summed E-state index contributed by atoms with van der Waals surface area (Å²) in [5, 5.41) is 3.61. The molecule has 20 heavy (non-hydrogen) atoms. The van der Waals surface area contributed by atoms with Crippen molar-refractivity contribution in [2.75, 3.05) is 26.7 Å². The summed E-state index contributed by atoms with van der Waals surface area (Å²) in [5.41, 5.74) is 0.693. The molecule has 3 nitrogen and oxygen atoms in total. The molecule has 0 aromatic heterocycles. The molecule has 0 radical (unpaired) electrons. The van der Waals surface area contributed by atoms with Crippen molar-refractivity contribution in [2.24, 2.45) is 5.92 Å². The van der Waals surface area contributed by atoms with Crippen LogP contribution in [0.4, 0.5) is 4.39 Å². The van der Waals surface area contributed by atoms with Crippen LogP contribution in [0, 0.1) is 18.7 Å². The van der Waals surface area contributed by atoms with Crippen molar-refractivity contribution in [3.05, 3.63) is 34.1 Å². The average Bonchev–Trinajstić information content (AvgIpc) is 2.43. The number of benzene rings is 1. The number of carbonyl (C=O) groups excluding carboxylic acids is 1. The van der Waals surface area contributed by atoms with Crippen LogP contribution in [0.15, 0.2) is 12.1 Å². The summed E-state index contributed by atoms with van der Waals surface area (Å²) in [5.74, 6) is -0.111. The second kappa shape index (κ2) is 6.55. The molecule has 1 amide bonds. The Morgan fingerprint density at radius 2 is 2.10 bits per heavy atom. The molecule has 1 heterocycles. The zero-order valence-electron chi connectivity index (χ0n) is 11.9. The molecule has 0 aliphatic carbocycles. The molecule has 110 valence electrons. The second-order valence-electron chi connectivity index (χ2n) is 5.46. The van der Waals surface area contributed by atoms with Gasteiger partial charge in [-0.05, 0) is 56.5 Å². The van der Waals surface area contributed by atoms with Gasteiger partial charge >= 0.3 is 0 Å². The molecule has 1 fully saturated rings. The largest absolute Gasteiger partial charge is 0.341 e. The third kappa shape index (κ3) is 3.49. The van der Waals surface area contributed by atoms with Gasteiger partial charge in [-0.15, -0.1) is 0 Å². The molecule has 0 spiro atoms. The van der Waals surface area contributed by atoms with E-state index in [4.69, 9.17) is 11.6 Å². The van der Waals surface area contributed by atoms with Gasteiger partial charge in [0.1, 0.15) is 5.82 Å². The normalized spacial score (nSPS) is 16.2. The van der Waals surface area contributed by atoms with E-state index in [-0.39, 0.29) is 11.5 Å². The van der Waals surface area contributed by atoms with Crippen molar-refractivity contribution < 1.29 is 9.18 Å². The number of hydrogen-bond donors (Lipinski definition) is 1. The van der Waals surface area contributed by atoms with Crippen molar-refractivity contribution in [3.8, 4) is 0 Å². The molecule has 0 atom stereocenters. The lowest BCUT2D eigenvalue weighted by atomic mass is 9.97. The van der Waals surface area contributed by atoms with E-state index < -0.39 is 5.82 Å².